The smallest absolute Gasteiger partial charge is 0.254 e. The van der Waals surface area contributed by atoms with Crippen LogP contribution in [-0.2, 0) is 0 Å². The van der Waals surface area contributed by atoms with Gasteiger partial charge < -0.3 is 11.1 Å². The minimum absolute atomic E-state index is 0.0624. The summed E-state index contributed by atoms with van der Waals surface area (Å²) in [6.45, 7) is 0. The van der Waals surface area contributed by atoms with Gasteiger partial charge in [-0.15, -0.1) is 0 Å². The van der Waals surface area contributed by atoms with Crippen molar-refractivity contribution in [2.75, 3.05) is 0 Å². The molecular weight excluding hydrogens is 291 g/mol. The third kappa shape index (κ3) is 3.06. The molecule has 3 N–H and O–H groups in total. The standard InChI is InChI=1S/C16H20ClFN2O/c17-11-4-5-13(14(18)8-11)16(21)20-15-9-2-1-3-10(15)7-12(19)6-9/h4-5,8-10,12,15H,1-3,6-7,19H2,(H,20,21). The Bertz CT molecular complexity index is 537. The molecule has 0 aliphatic heterocycles. The first-order chi connectivity index (χ1) is 10.0. The second kappa shape index (κ2) is 5.93. The first-order valence-corrected chi connectivity index (χ1v) is 7.94. The molecule has 2 unspecified atom stereocenters. The molecular formula is C16H20ClFN2O. The molecule has 114 valence electrons. The summed E-state index contributed by atoms with van der Waals surface area (Å²) in [7, 11) is 0. The molecule has 2 bridgehead atoms. The Morgan fingerprint density at radius 3 is 2.57 bits per heavy atom. The number of hydrogen-bond acceptors (Lipinski definition) is 2. The van der Waals surface area contributed by atoms with Gasteiger partial charge in [-0.3, -0.25) is 4.79 Å². The number of nitrogens with two attached hydrogens (primary N) is 1. The van der Waals surface area contributed by atoms with Gasteiger partial charge in [-0.2, -0.15) is 0 Å². The van der Waals surface area contributed by atoms with Crippen LogP contribution in [0.15, 0.2) is 18.2 Å². The van der Waals surface area contributed by atoms with Gasteiger partial charge in [0.05, 0.1) is 5.56 Å². The van der Waals surface area contributed by atoms with Gasteiger partial charge in [-0.05, 0) is 55.7 Å². The molecule has 0 saturated heterocycles. The topological polar surface area (TPSA) is 55.1 Å². The summed E-state index contributed by atoms with van der Waals surface area (Å²) in [4.78, 5) is 12.3. The average Bonchev–Trinajstić information content (AvgIpc) is 2.39. The molecule has 1 aromatic carbocycles. The van der Waals surface area contributed by atoms with Crippen LogP contribution in [-0.4, -0.2) is 18.0 Å². The van der Waals surface area contributed by atoms with E-state index in [2.05, 4.69) is 5.32 Å². The van der Waals surface area contributed by atoms with Crippen molar-refractivity contribution in [3.05, 3.63) is 34.6 Å². The van der Waals surface area contributed by atoms with Crippen molar-refractivity contribution >= 4 is 17.5 Å². The van der Waals surface area contributed by atoms with E-state index in [9.17, 15) is 9.18 Å². The highest BCUT2D eigenvalue weighted by atomic mass is 35.5. The molecule has 1 amide bonds. The zero-order valence-electron chi connectivity index (χ0n) is 11.8. The Balaban J connectivity index is 1.75. The number of halogens is 2. The molecule has 3 nitrogen and oxygen atoms in total. The average molecular weight is 311 g/mol. The predicted molar refractivity (Wildman–Crippen MR) is 80.7 cm³/mol. The second-order valence-electron chi connectivity index (χ2n) is 6.31. The van der Waals surface area contributed by atoms with E-state index >= 15 is 0 Å². The fourth-order valence-corrected chi connectivity index (χ4v) is 4.09. The van der Waals surface area contributed by atoms with E-state index in [1.165, 1.54) is 24.6 Å². The molecule has 1 aromatic rings. The number of benzene rings is 1. The van der Waals surface area contributed by atoms with E-state index in [-0.39, 0.29) is 23.6 Å². The van der Waals surface area contributed by atoms with E-state index in [1.807, 2.05) is 0 Å². The SMILES string of the molecule is NC1CC2CCCC(C1)C2NC(=O)c1ccc(Cl)cc1F. The molecule has 21 heavy (non-hydrogen) atoms. The van der Waals surface area contributed by atoms with Crippen LogP contribution in [0.3, 0.4) is 0 Å². The summed E-state index contributed by atoms with van der Waals surface area (Å²) in [6, 6.07) is 4.52. The molecule has 2 atom stereocenters. The minimum Gasteiger partial charge on any atom is -0.349 e. The van der Waals surface area contributed by atoms with Gasteiger partial charge in [-0.25, -0.2) is 4.39 Å². The monoisotopic (exact) mass is 310 g/mol. The minimum atomic E-state index is -0.572. The number of rotatable bonds is 2. The molecule has 2 aliphatic carbocycles. The number of carbonyl (C=O) groups is 1. The molecule has 2 saturated carbocycles. The third-order valence-corrected chi connectivity index (χ3v) is 5.09. The van der Waals surface area contributed by atoms with E-state index < -0.39 is 5.82 Å². The number of amides is 1. The van der Waals surface area contributed by atoms with Gasteiger partial charge in [0.2, 0.25) is 0 Å². The fourth-order valence-electron chi connectivity index (χ4n) is 3.93. The van der Waals surface area contributed by atoms with E-state index in [0.717, 1.165) is 25.7 Å². The summed E-state index contributed by atoms with van der Waals surface area (Å²) < 4.78 is 13.8. The van der Waals surface area contributed by atoms with Gasteiger partial charge >= 0.3 is 0 Å². The fraction of sp³-hybridized carbons (Fsp3) is 0.562. The predicted octanol–water partition coefficient (Wildman–Crippen LogP) is 3.11. The highest BCUT2D eigenvalue weighted by Gasteiger charge is 2.40. The Labute approximate surface area is 129 Å². The summed E-state index contributed by atoms with van der Waals surface area (Å²) in [5.41, 5.74) is 6.14. The molecule has 2 fully saturated rings. The number of fused-ring (bicyclic) bond motifs is 2. The molecule has 0 spiro atoms. The third-order valence-electron chi connectivity index (χ3n) is 4.85. The highest BCUT2D eigenvalue weighted by Crippen LogP contribution is 2.39. The first kappa shape index (κ1) is 14.8. The van der Waals surface area contributed by atoms with Crippen molar-refractivity contribution in [1.29, 1.82) is 0 Å². The number of hydrogen-bond donors (Lipinski definition) is 2. The highest BCUT2D eigenvalue weighted by molar-refractivity contribution is 6.30. The van der Waals surface area contributed by atoms with Crippen LogP contribution in [0.25, 0.3) is 0 Å². The first-order valence-electron chi connectivity index (χ1n) is 7.56. The Morgan fingerprint density at radius 1 is 1.29 bits per heavy atom. The van der Waals surface area contributed by atoms with E-state index in [1.54, 1.807) is 0 Å². The number of carbonyl (C=O) groups excluding carboxylic acids is 1. The van der Waals surface area contributed by atoms with E-state index in [0.29, 0.717) is 16.9 Å². The summed E-state index contributed by atoms with van der Waals surface area (Å²) in [6.07, 6.45) is 5.29. The van der Waals surface area contributed by atoms with Crippen LogP contribution in [0.1, 0.15) is 42.5 Å². The van der Waals surface area contributed by atoms with Crippen molar-refractivity contribution in [1.82, 2.24) is 5.32 Å². The van der Waals surface area contributed by atoms with Crippen LogP contribution in [0.2, 0.25) is 5.02 Å². The maximum absolute atomic E-state index is 13.8. The van der Waals surface area contributed by atoms with Gasteiger partial charge in [0.1, 0.15) is 5.82 Å². The van der Waals surface area contributed by atoms with Crippen LogP contribution in [0, 0.1) is 17.7 Å². The lowest BCUT2D eigenvalue weighted by Crippen LogP contribution is -2.53. The molecule has 5 heteroatoms. The molecule has 2 aliphatic rings. The largest absolute Gasteiger partial charge is 0.349 e. The van der Waals surface area contributed by atoms with Crippen molar-refractivity contribution in [2.45, 2.75) is 44.2 Å². The van der Waals surface area contributed by atoms with E-state index in [4.69, 9.17) is 17.3 Å². The molecule has 0 heterocycles. The molecule has 0 radical (unpaired) electrons. The molecule has 0 aromatic heterocycles. The maximum Gasteiger partial charge on any atom is 0.254 e. The summed E-state index contributed by atoms with van der Waals surface area (Å²) >= 11 is 5.72. The maximum atomic E-state index is 13.8. The Morgan fingerprint density at radius 2 is 1.95 bits per heavy atom. The van der Waals surface area contributed by atoms with Gasteiger partial charge in [0.25, 0.3) is 5.91 Å². The Hall–Kier alpha value is -1.13. The van der Waals surface area contributed by atoms with Crippen molar-refractivity contribution < 1.29 is 9.18 Å². The van der Waals surface area contributed by atoms with Crippen molar-refractivity contribution in [3.63, 3.8) is 0 Å². The lowest BCUT2D eigenvalue weighted by atomic mass is 9.67. The zero-order chi connectivity index (χ0) is 15.0. The zero-order valence-corrected chi connectivity index (χ0v) is 12.6. The van der Waals surface area contributed by atoms with Crippen LogP contribution in [0.5, 0.6) is 0 Å². The van der Waals surface area contributed by atoms with Crippen LogP contribution >= 0.6 is 11.6 Å². The lowest BCUT2D eigenvalue weighted by molar-refractivity contribution is 0.0752. The van der Waals surface area contributed by atoms with Crippen molar-refractivity contribution in [3.8, 4) is 0 Å². The van der Waals surface area contributed by atoms with Gasteiger partial charge in [0.15, 0.2) is 0 Å². The Kier molecular flexibility index (Phi) is 4.18. The van der Waals surface area contributed by atoms with Gasteiger partial charge in [-0.1, -0.05) is 18.0 Å². The second-order valence-corrected chi connectivity index (χ2v) is 6.74. The lowest BCUT2D eigenvalue weighted by Gasteiger charge is -2.45. The molecule has 3 rings (SSSR count). The van der Waals surface area contributed by atoms with Crippen LogP contribution < -0.4 is 11.1 Å². The normalized spacial score (nSPS) is 31.8. The van der Waals surface area contributed by atoms with Crippen LogP contribution in [0.4, 0.5) is 4.39 Å². The quantitative estimate of drug-likeness (QED) is 0.882. The van der Waals surface area contributed by atoms with Crippen molar-refractivity contribution in [2.24, 2.45) is 17.6 Å². The summed E-state index contributed by atoms with van der Waals surface area (Å²) in [5, 5.41) is 3.34. The van der Waals surface area contributed by atoms with Gasteiger partial charge in [0, 0.05) is 17.1 Å². The number of nitrogens with one attached hydrogen (secondary N) is 1. The summed E-state index contributed by atoms with van der Waals surface area (Å²) in [5.74, 6) is -0.0715.